The van der Waals surface area contributed by atoms with Gasteiger partial charge in [0, 0.05) is 31.2 Å². The lowest BCUT2D eigenvalue weighted by Crippen LogP contribution is -2.44. The summed E-state index contributed by atoms with van der Waals surface area (Å²) in [4.78, 5) is 31.6. The Morgan fingerprint density at radius 3 is 2.54 bits per heavy atom. The minimum Gasteiger partial charge on any atom is -0.349 e. The normalized spacial score (nSPS) is 16.0. The first kappa shape index (κ1) is 16.6. The molecule has 0 bridgehead atoms. The molecule has 6 heteroatoms. The van der Waals surface area contributed by atoms with Crippen molar-refractivity contribution in [2.45, 2.75) is 25.4 Å². The van der Waals surface area contributed by atoms with Crippen molar-refractivity contribution in [2.75, 3.05) is 13.1 Å². The molecular weight excluding hydrogens is 328 g/mol. The first-order chi connectivity index (χ1) is 12.7. The van der Waals surface area contributed by atoms with Gasteiger partial charge in [-0.05, 0) is 36.6 Å². The van der Waals surface area contributed by atoms with E-state index in [1.807, 2.05) is 6.07 Å². The van der Waals surface area contributed by atoms with Crippen LogP contribution >= 0.6 is 0 Å². The van der Waals surface area contributed by atoms with Crippen molar-refractivity contribution in [1.29, 1.82) is 0 Å². The standard InChI is InChI=1S/C20H22N4O2/c25-19(15-6-7-17-18(12-15)23-20(26)22-17)21-16-8-10-24(11-9-16)13-14-4-2-1-3-5-14/h1-7,12,16H,8-11,13H2,(H,21,25)(H2,22,23,26). The number of likely N-dealkylation sites (tertiary alicyclic amines) is 1. The van der Waals surface area contributed by atoms with Gasteiger partial charge in [-0.15, -0.1) is 0 Å². The van der Waals surface area contributed by atoms with Crippen molar-refractivity contribution in [3.05, 3.63) is 70.1 Å². The van der Waals surface area contributed by atoms with Crippen LogP contribution in [0.1, 0.15) is 28.8 Å². The fourth-order valence-corrected chi connectivity index (χ4v) is 3.52. The highest BCUT2D eigenvalue weighted by Crippen LogP contribution is 2.15. The summed E-state index contributed by atoms with van der Waals surface area (Å²) in [6, 6.07) is 15.9. The molecular formula is C20H22N4O2. The second kappa shape index (κ2) is 7.17. The minimum absolute atomic E-state index is 0.0875. The zero-order valence-corrected chi connectivity index (χ0v) is 14.5. The molecule has 2 heterocycles. The van der Waals surface area contributed by atoms with Crippen LogP contribution in [-0.2, 0) is 6.54 Å². The summed E-state index contributed by atoms with van der Waals surface area (Å²) in [5.41, 5.74) is 2.99. The molecule has 6 nitrogen and oxygen atoms in total. The van der Waals surface area contributed by atoms with Crippen LogP contribution in [0.5, 0.6) is 0 Å². The average molecular weight is 350 g/mol. The van der Waals surface area contributed by atoms with E-state index >= 15 is 0 Å². The Labute approximate surface area is 151 Å². The molecule has 2 aromatic carbocycles. The number of aromatic nitrogens is 2. The molecule has 1 amide bonds. The fraction of sp³-hybridized carbons (Fsp3) is 0.300. The number of hydrogen-bond donors (Lipinski definition) is 3. The Morgan fingerprint density at radius 2 is 1.77 bits per heavy atom. The van der Waals surface area contributed by atoms with Crippen molar-refractivity contribution in [2.24, 2.45) is 0 Å². The van der Waals surface area contributed by atoms with E-state index in [0.29, 0.717) is 16.6 Å². The second-order valence-corrected chi connectivity index (χ2v) is 6.85. The van der Waals surface area contributed by atoms with E-state index < -0.39 is 0 Å². The van der Waals surface area contributed by atoms with Crippen molar-refractivity contribution in [3.63, 3.8) is 0 Å². The average Bonchev–Trinajstić information content (AvgIpc) is 3.03. The van der Waals surface area contributed by atoms with E-state index in [4.69, 9.17) is 0 Å². The van der Waals surface area contributed by atoms with Gasteiger partial charge in [-0.2, -0.15) is 0 Å². The SMILES string of the molecule is O=C(NC1CCN(Cc2ccccc2)CC1)c1ccc2[nH]c(=O)[nH]c2c1. The highest BCUT2D eigenvalue weighted by atomic mass is 16.2. The molecule has 1 aliphatic heterocycles. The predicted octanol–water partition coefficient (Wildman–Crippen LogP) is 2.25. The second-order valence-electron chi connectivity index (χ2n) is 6.85. The number of carbonyl (C=O) groups excluding carboxylic acids is 1. The highest BCUT2D eigenvalue weighted by molar-refractivity contribution is 5.97. The zero-order valence-electron chi connectivity index (χ0n) is 14.5. The predicted molar refractivity (Wildman–Crippen MR) is 101 cm³/mol. The number of carbonyl (C=O) groups is 1. The minimum atomic E-state index is -0.261. The lowest BCUT2D eigenvalue weighted by Gasteiger charge is -2.32. The van der Waals surface area contributed by atoms with E-state index in [-0.39, 0.29) is 17.6 Å². The van der Waals surface area contributed by atoms with Gasteiger partial charge in [-0.25, -0.2) is 4.79 Å². The molecule has 0 unspecified atom stereocenters. The van der Waals surface area contributed by atoms with Crippen LogP contribution in [0, 0.1) is 0 Å². The van der Waals surface area contributed by atoms with E-state index in [0.717, 1.165) is 32.5 Å². The number of rotatable bonds is 4. The van der Waals surface area contributed by atoms with Gasteiger partial charge in [0.25, 0.3) is 5.91 Å². The number of amides is 1. The summed E-state index contributed by atoms with van der Waals surface area (Å²) in [6.45, 7) is 2.91. The first-order valence-corrected chi connectivity index (χ1v) is 8.96. The summed E-state index contributed by atoms with van der Waals surface area (Å²) in [5.74, 6) is -0.0875. The van der Waals surface area contributed by atoms with Gasteiger partial charge >= 0.3 is 5.69 Å². The maximum absolute atomic E-state index is 12.5. The van der Waals surface area contributed by atoms with E-state index in [2.05, 4.69) is 44.5 Å². The third kappa shape index (κ3) is 3.70. The van der Waals surface area contributed by atoms with Crippen LogP contribution in [0.25, 0.3) is 11.0 Å². The van der Waals surface area contributed by atoms with Gasteiger partial charge in [0.15, 0.2) is 0 Å². The van der Waals surface area contributed by atoms with Crippen molar-refractivity contribution in [3.8, 4) is 0 Å². The zero-order chi connectivity index (χ0) is 17.9. The Kier molecular flexibility index (Phi) is 4.58. The quantitative estimate of drug-likeness (QED) is 0.675. The molecule has 1 fully saturated rings. The van der Waals surface area contributed by atoms with Crippen LogP contribution in [0.2, 0.25) is 0 Å². The Hall–Kier alpha value is -2.86. The summed E-state index contributed by atoms with van der Waals surface area (Å²) in [5, 5.41) is 3.12. The molecule has 3 aromatic rings. The molecule has 0 saturated carbocycles. The Balaban J connectivity index is 1.33. The molecule has 1 aliphatic rings. The van der Waals surface area contributed by atoms with Gasteiger partial charge in [-0.1, -0.05) is 30.3 Å². The van der Waals surface area contributed by atoms with Crippen LogP contribution in [0.15, 0.2) is 53.3 Å². The van der Waals surface area contributed by atoms with Crippen LogP contribution in [-0.4, -0.2) is 39.9 Å². The molecule has 1 aromatic heterocycles. The number of nitrogens with one attached hydrogen (secondary N) is 3. The van der Waals surface area contributed by atoms with Gasteiger partial charge in [0.05, 0.1) is 11.0 Å². The molecule has 0 atom stereocenters. The number of imidazole rings is 1. The topological polar surface area (TPSA) is 81.0 Å². The highest BCUT2D eigenvalue weighted by Gasteiger charge is 2.21. The van der Waals surface area contributed by atoms with Crippen LogP contribution in [0.3, 0.4) is 0 Å². The van der Waals surface area contributed by atoms with E-state index in [1.54, 1.807) is 18.2 Å². The van der Waals surface area contributed by atoms with Crippen LogP contribution in [0.4, 0.5) is 0 Å². The molecule has 0 spiro atoms. The van der Waals surface area contributed by atoms with Gasteiger partial charge in [-0.3, -0.25) is 9.69 Å². The van der Waals surface area contributed by atoms with Crippen molar-refractivity contribution >= 4 is 16.9 Å². The monoisotopic (exact) mass is 350 g/mol. The molecule has 4 rings (SSSR count). The third-order valence-electron chi connectivity index (χ3n) is 4.95. The fourth-order valence-electron chi connectivity index (χ4n) is 3.52. The molecule has 3 N–H and O–H groups in total. The van der Waals surface area contributed by atoms with Gasteiger partial charge in [0.1, 0.15) is 0 Å². The first-order valence-electron chi connectivity index (χ1n) is 8.96. The van der Waals surface area contributed by atoms with E-state index in [9.17, 15) is 9.59 Å². The summed E-state index contributed by atoms with van der Waals surface area (Å²) < 4.78 is 0. The summed E-state index contributed by atoms with van der Waals surface area (Å²) in [7, 11) is 0. The van der Waals surface area contributed by atoms with Crippen LogP contribution < -0.4 is 11.0 Å². The third-order valence-corrected chi connectivity index (χ3v) is 4.95. The van der Waals surface area contributed by atoms with Crippen molar-refractivity contribution in [1.82, 2.24) is 20.2 Å². The lowest BCUT2D eigenvalue weighted by atomic mass is 10.0. The van der Waals surface area contributed by atoms with Gasteiger partial charge in [0.2, 0.25) is 0 Å². The molecule has 0 radical (unpaired) electrons. The summed E-state index contributed by atoms with van der Waals surface area (Å²) in [6.07, 6.45) is 1.89. The lowest BCUT2D eigenvalue weighted by molar-refractivity contribution is 0.0909. The largest absolute Gasteiger partial charge is 0.349 e. The number of benzene rings is 2. The number of aromatic amines is 2. The number of nitrogens with zero attached hydrogens (tertiary/aromatic N) is 1. The number of piperidine rings is 1. The Morgan fingerprint density at radius 1 is 1.04 bits per heavy atom. The maximum Gasteiger partial charge on any atom is 0.323 e. The van der Waals surface area contributed by atoms with E-state index in [1.165, 1.54) is 5.56 Å². The number of H-pyrrole nitrogens is 2. The number of hydrogen-bond acceptors (Lipinski definition) is 3. The van der Waals surface area contributed by atoms with Crippen molar-refractivity contribution < 1.29 is 4.79 Å². The Bertz CT molecular complexity index is 953. The molecule has 1 saturated heterocycles. The molecule has 134 valence electrons. The summed E-state index contributed by atoms with van der Waals surface area (Å²) >= 11 is 0. The van der Waals surface area contributed by atoms with Gasteiger partial charge < -0.3 is 15.3 Å². The molecule has 0 aliphatic carbocycles. The number of fused-ring (bicyclic) bond motifs is 1. The maximum atomic E-state index is 12.5. The molecule has 26 heavy (non-hydrogen) atoms. The smallest absolute Gasteiger partial charge is 0.323 e.